The van der Waals surface area contributed by atoms with Gasteiger partial charge in [-0.15, -0.1) is 0 Å². The van der Waals surface area contributed by atoms with E-state index in [9.17, 15) is 5.26 Å². The van der Waals surface area contributed by atoms with Crippen LogP contribution in [0.3, 0.4) is 0 Å². The van der Waals surface area contributed by atoms with Gasteiger partial charge in [-0.05, 0) is 70.5 Å². The molecule has 0 aromatic carbocycles. The Morgan fingerprint density at radius 2 is 2.00 bits per heavy atom. The molecule has 1 saturated heterocycles. The van der Waals surface area contributed by atoms with Crippen LogP contribution in [0.25, 0.3) is 0 Å². The highest BCUT2D eigenvalue weighted by Gasteiger charge is 2.31. The Hall–Kier alpha value is -0.590. The fourth-order valence-corrected chi connectivity index (χ4v) is 4.12. The van der Waals surface area contributed by atoms with Crippen molar-refractivity contribution < 1.29 is 0 Å². The molecule has 1 aliphatic heterocycles. The summed E-state index contributed by atoms with van der Waals surface area (Å²) in [4.78, 5) is 2.66. The van der Waals surface area contributed by atoms with Crippen molar-refractivity contribution in [3.63, 3.8) is 0 Å². The Kier molecular flexibility index (Phi) is 6.51. The molecule has 1 heterocycles. The van der Waals surface area contributed by atoms with Gasteiger partial charge in [-0.25, -0.2) is 0 Å². The molecule has 1 N–H and O–H groups in total. The second-order valence-corrected chi connectivity index (χ2v) is 7.37. The molecule has 0 aromatic heterocycles. The van der Waals surface area contributed by atoms with Gasteiger partial charge in [0.05, 0.1) is 6.07 Å². The summed E-state index contributed by atoms with van der Waals surface area (Å²) in [6.45, 7) is 8.92. The molecule has 21 heavy (non-hydrogen) atoms. The van der Waals surface area contributed by atoms with Crippen LogP contribution in [0.4, 0.5) is 0 Å². The molecule has 2 aliphatic rings. The zero-order valence-corrected chi connectivity index (χ0v) is 14.0. The van der Waals surface area contributed by atoms with Crippen molar-refractivity contribution in [2.24, 2.45) is 11.8 Å². The molecule has 3 atom stereocenters. The molecule has 3 nitrogen and oxygen atoms in total. The quantitative estimate of drug-likeness (QED) is 0.779. The summed E-state index contributed by atoms with van der Waals surface area (Å²) in [7, 11) is 0. The third-order valence-corrected chi connectivity index (χ3v) is 5.54. The molecule has 0 spiro atoms. The third kappa shape index (κ3) is 4.97. The maximum absolute atomic E-state index is 9.38. The topological polar surface area (TPSA) is 39.1 Å². The smallest absolute Gasteiger partial charge is 0.103 e. The molecular weight excluding hydrogens is 258 g/mol. The lowest BCUT2D eigenvalue weighted by molar-refractivity contribution is 0.0847. The molecular formula is C18H33N3. The van der Waals surface area contributed by atoms with E-state index in [2.05, 4.69) is 30.1 Å². The van der Waals surface area contributed by atoms with Crippen LogP contribution in [0.5, 0.6) is 0 Å². The first-order valence-corrected chi connectivity index (χ1v) is 9.05. The van der Waals surface area contributed by atoms with Crippen molar-refractivity contribution in [3.05, 3.63) is 0 Å². The first kappa shape index (κ1) is 16.8. The SMILES string of the molecule is CCCNC(C)(C#N)CCCN1CCC2CCCCC2C1. The van der Waals surface area contributed by atoms with Gasteiger partial charge in [-0.3, -0.25) is 5.32 Å². The summed E-state index contributed by atoms with van der Waals surface area (Å²) >= 11 is 0. The molecule has 0 amide bonds. The fraction of sp³-hybridized carbons (Fsp3) is 0.944. The number of rotatable bonds is 7. The minimum Gasteiger partial charge on any atom is -0.303 e. The minimum atomic E-state index is -0.334. The van der Waals surface area contributed by atoms with E-state index in [1.54, 1.807) is 0 Å². The van der Waals surface area contributed by atoms with Gasteiger partial charge in [0.15, 0.2) is 0 Å². The van der Waals surface area contributed by atoms with Crippen molar-refractivity contribution >= 4 is 0 Å². The summed E-state index contributed by atoms with van der Waals surface area (Å²) in [5.41, 5.74) is -0.334. The Labute approximate surface area is 131 Å². The largest absolute Gasteiger partial charge is 0.303 e. The zero-order chi connectivity index (χ0) is 15.1. The van der Waals surface area contributed by atoms with Crippen LogP contribution in [0, 0.1) is 23.2 Å². The van der Waals surface area contributed by atoms with Gasteiger partial charge in [-0.2, -0.15) is 5.26 Å². The average molecular weight is 291 g/mol. The Bertz CT molecular complexity index is 349. The van der Waals surface area contributed by atoms with E-state index in [0.717, 1.165) is 37.6 Å². The third-order valence-electron chi connectivity index (χ3n) is 5.54. The van der Waals surface area contributed by atoms with Crippen LogP contribution in [0.1, 0.15) is 65.2 Å². The van der Waals surface area contributed by atoms with E-state index in [-0.39, 0.29) is 5.54 Å². The highest BCUT2D eigenvalue weighted by atomic mass is 15.1. The highest BCUT2D eigenvalue weighted by Crippen LogP contribution is 2.36. The summed E-state index contributed by atoms with van der Waals surface area (Å²) in [6.07, 6.45) is 10.4. The second kappa shape index (κ2) is 8.15. The van der Waals surface area contributed by atoms with Crippen LogP contribution < -0.4 is 5.32 Å². The number of hydrogen-bond donors (Lipinski definition) is 1. The van der Waals surface area contributed by atoms with Gasteiger partial charge in [0.1, 0.15) is 5.54 Å². The molecule has 1 saturated carbocycles. The van der Waals surface area contributed by atoms with Gasteiger partial charge in [0, 0.05) is 6.54 Å². The second-order valence-electron chi connectivity index (χ2n) is 7.37. The molecule has 3 heteroatoms. The standard InChI is InChI=1S/C18H33N3/c1-3-11-20-18(2,15-19)10-6-12-21-13-9-16-7-4-5-8-17(16)14-21/h16-17,20H,3-14H2,1-2H3. The predicted molar refractivity (Wildman–Crippen MR) is 88.1 cm³/mol. The van der Waals surface area contributed by atoms with E-state index >= 15 is 0 Å². The Morgan fingerprint density at radius 1 is 1.24 bits per heavy atom. The first-order chi connectivity index (χ1) is 10.2. The summed E-state index contributed by atoms with van der Waals surface area (Å²) in [5, 5.41) is 12.8. The van der Waals surface area contributed by atoms with Crippen molar-refractivity contribution in [1.82, 2.24) is 10.2 Å². The average Bonchev–Trinajstić information content (AvgIpc) is 2.53. The molecule has 0 bridgehead atoms. The lowest BCUT2D eigenvalue weighted by atomic mass is 9.75. The molecule has 0 aromatic rings. The number of hydrogen-bond acceptors (Lipinski definition) is 3. The van der Waals surface area contributed by atoms with Crippen LogP contribution in [0.2, 0.25) is 0 Å². The molecule has 2 rings (SSSR count). The van der Waals surface area contributed by atoms with E-state index in [1.165, 1.54) is 51.7 Å². The Balaban J connectivity index is 1.69. The maximum atomic E-state index is 9.38. The lowest BCUT2D eigenvalue weighted by Crippen LogP contribution is -2.44. The predicted octanol–water partition coefficient (Wildman–Crippen LogP) is 3.56. The van der Waals surface area contributed by atoms with Crippen LogP contribution in [-0.2, 0) is 0 Å². The van der Waals surface area contributed by atoms with Crippen LogP contribution in [-0.4, -0.2) is 36.6 Å². The van der Waals surface area contributed by atoms with Crippen molar-refractivity contribution in [2.45, 2.75) is 70.8 Å². The normalized spacial score (nSPS) is 29.4. The number of nitriles is 1. The van der Waals surface area contributed by atoms with Gasteiger partial charge < -0.3 is 4.90 Å². The van der Waals surface area contributed by atoms with Crippen molar-refractivity contribution in [1.29, 1.82) is 5.26 Å². The van der Waals surface area contributed by atoms with Gasteiger partial charge in [-0.1, -0.05) is 26.2 Å². The summed E-state index contributed by atoms with van der Waals surface area (Å²) < 4.78 is 0. The fourth-order valence-electron chi connectivity index (χ4n) is 4.12. The van der Waals surface area contributed by atoms with E-state index in [0.29, 0.717) is 0 Å². The van der Waals surface area contributed by atoms with Gasteiger partial charge >= 0.3 is 0 Å². The van der Waals surface area contributed by atoms with Gasteiger partial charge in [0.2, 0.25) is 0 Å². The highest BCUT2D eigenvalue weighted by molar-refractivity contribution is 5.03. The summed E-state index contributed by atoms with van der Waals surface area (Å²) in [6, 6.07) is 2.47. The van der Waals surface area contributed by atoms with Gasteiger partial charge in [0.25, 0.3) is 0 Å². The van der Waals surface area contributed by atoms with E-state index < -0.39 is 0 Å². The Morgan fingerprint density at radius 3 is 2.71 bits per heavy atom. The lowest BCUT2D eigenvalue weighted by Gasteiger charge is -2.41. The number of fused-ring (bicyclic) bond motifs is 1. The molecule has 3 unspecified atom stereocenters. The molecule has 120 valence electrons. The molecule has 1 aliphatic carbocycles. The van der Waals surface area contributed by atoms with E-state index in [4.69, 9.17) is 0 Å². The number of nitrogens with zero attached hydrogens (tertiary/aromatic N) is 2. The first-order valence-electron chi connectivity index (χ1n) is 9.05. The molecule has 0 radical (unpaired) electrons. The summed E-state index contributed by atoms with van der Waals surface area (Å²) in [5.74, 6) is 1.98. The zero-order valence-electron chi connectivity index (χ0n) is 14.0. The monoisotopic (exact) mass is 291 g/mol. The molecule has 2 fully saturated rings. The van der Waals surface area contributed by atoms with E-state index in [1.807, 2.05) is 0 Å². The van der Waals surface area contributed by atoms with Crippen LogP contribution >= 0.6 is 0 Å². The van der Waals surface area contributed by atoms with Crippen LogP contribution in [0.15, 0.2) is 0 Å². The maximum Gasteiger partial charge on any atom is 0.103 e. The number of piperidine rings is 1. The number of nitrogens with one attached hydrogen (secondary N) is 1. The minimum absolute atomic E-state index is 0.334. The van der Waals surface area contributed by atoms with Crippen molar-refractivity contribution in [2.75, 3.05) is 26.2 Å². The number of likely N-dealkylation sites (tertiary alicyclic amines) is 1. The van der Waals surface area contributed by atoms with Crippen molar-refractivity contribution in [3.8, 4) is 6.07 Å².